The molecule has 2 aromatic heterocycles. The summed E-state index contributed by atoms with van der Waals surface area (Å²) in [5, 5.41) is 21.7. The minimum Gasteiger partial charge on any atom is -0.477 e. The molecule has 0 fully saturated rings. The molecule has 0 unspecified atom stereocenters. The van der Waals surface area contributed by atoms with Gasteiger partial charge in [0.25, 0.3) is 0 Å². The summed E-state index contributed by atoms with van der Waals surface area (Å²) in [4.78, 5) is 23.4. The Hall–Kier alpha value is -3.13. The summed E-state index contributed by atoms with van der Waals surface area (Å²) in [7, 11) is 0. The maximum atomic E-state index is 12.0. The smallest absolute Gasteiger partial charge is 0.343 e. The largest absolute Gasteiger partial charge is 0.477 e. The number of thiophene rings is 1. The zero-order chi connectivity index (χ0) is 16.9. The van der Waals surface area contributed by atoms with Crippen molar-refractivity contribution < 1.29 is 19.2 Å². The molecule has 0 spiro atoms. The zero-order valence-corrected chi connectivity index (χ0v) is 13.2. The van der Waals surface area contributed by atoms with E-state index in [0.717, 1.165) is 5.56 Å². The van der Waals surface area contributed by atoms with Gasteiger partial charge in [-0.25, -0.2) is 9.59 Å². The maximum absolute atomic E-state index is 12.0. The minimum absolute atomic E-state index is 0.178. The van der Waals surface area contributed by atoms with Gasteiger partial charge in [0.2, 0.25) is 5.88 Å². The average Bonchev–Trinajstić information content (AvgIpc) is 3.23. The monoisotopic (exact) mass is 343 g/mol. The molecule has 3 N–H and O–H groups in total. The molecule has 24 heavy (non-hydrogen) atoms. The molecule has 3 rings (SSSR count). The minimum atomic E-state index is -1.23. The van der Waals surface area contributed by atoms with Gasteiger partial charge in [-0.2, -0.15) is 11.3 Å². The lowest BCUT2D eigenvalue weighted by Crippen LogP contribution is -2.28. The Morgan fingerprint density at radius 3 is 2.67 bits per heavy atom. The molecular weight excluding hydrogens is 330 g/mol. The quantitative estimate of drug-likeness (QED) is 0.658. The fourth-order valence-electron chi connectivity index (χ4n) is 2.10. The van der Waals surface area contributed by atoms with Crippen LogP contribution in [-0.2, 0) is 6.54 Å². The normalized spacial score (nSPS) is 10.3. The Kier molecular flexibility index (Phi) is 4.57. The molecular formula is C16H13N3O4S. The lowest BCUT2D eigenvalue weighted by Gasteiger charge is -2.05. The van der Waals surface area contributed by atoms with Crippen LogP contribution in [0.15, 0.2) is 51.7 Å². The topological polar surface area (TPSA) is 104 Å². The van der Waals surface area contributed by atoms with E-state index in [2.05, 4.69) is 15.8 Å². The molecule has 0 saturated heterocycles. The maximum Gasteiger partial charge on any atom is 0.343 e. The van der Waals surface area contributed by atoms with Gasteiger partial charge in [0.15, 0.2) is 5.56 Å². The SMILES string of the molecule is O=C(NCc1ccccc1)Nc1onc(-c2ccsc2)c1C(=O)O. The highest BCUT2D eigenvalue weighted by atomic mass is 32.1. The van der Waals surface area contributed by atoms with Gasteiger partial charge in [-0.05, 0) is 17.0 Å². The first-order valence-electron chi connectivity index (χ1n) is 6.99. The van der Waals surface area contributed by atoms with Crippen LogP contribution >= 0.6 is 11.3 Å². The number of nitrogens with zero attached hydrogens (tertiary/aromatic N) is 1. The Morgan fingerprint density at radius 2 is 2.00 bits per heavy atom. The van der Waals surface area contributed by atoms with Crippen LogP contribution in [0.5, 0.6) is 0 Å². The lowest BCUT2D eigenvalue weighted by atomic mass is 10.1. The average molecular weight is 343 g/mol. The van der Waals surface area contributed by atoms with Crippen LogP contribution in [0.4, 0.5) is 10.7 Å². The summed E-state index contributed by atoms with van der Waals surface area (Å²) >= 11 is 1.41. The predicted molar refractivity (Wildman–Crippen MR) is 89.1 cm³/mol. The number of nitrogens with one attached hydrogen (secondary N) is 2. The number of hydrogen-bond acceptors (Lipinski definition) is 5. The van der Waals surface area contributed by atoms with Crippen molar-refractivity contribution in [3.05, 3.63) is 58.3 Å². The number of anilines is 1. The number of urea groups is 1. The van der Waals surface area contributed by atoms with Crippen molar-refractivity contribution in [2.75, 3.05) is 5.32 Å². The van der Waals surface area contributed by atoms with Crippen LogP contribution in [0, 0.1) is 0 Å². The van der Waals surface area contributed by atoms with E-state index in [0.29, 0.717) is 12.1 Å². The molecule has 0 atom stereocenters. The first-order valence-corrected chi connectivity index (χ1v) is 7.93. The highest BCUT2D eigenvalue weighted by Gasteiger charge is 2.25. The van der Waals surface area contributed by atoms with E-state index in [4.69, 9.17) is 4.52 Å². The van der Waals surface area contributed by atoms with Crippen LogP contribution in [0.2, 0.25) is 0 Å². The number of carboxylic acids is 1. The fourth-order valence-corrected chi connectivity index (χ4v) is 2.74. The summed E-state index contributed by atoms with van der Waals surface area (Å²) in [5.74, 6) is -1.43. The number of rotatable bonds is 5. The van der Waals surface area contributed by atoms with Crippen LogP contribution in [0.1, 0.15) is 15.9 Å². The molecule has 122 valence electrons. The molecule has 0 radical (unpaired) electrons. The molecule has 0 aliphatic carbocycles. The first kappa shape index (κ1) is 15.8. The molecule has 3 aromatic rings. The summed E-state index contributed by atoms with van der Waals surface area (Å²) in [6.45, 7) is 0.306. The van der Waals surface area contributed by atoms with Crippen molar-refractivity contribution in [1.29, 1.82) is 0 Å². The van der Waals surface area contributed by atoms with Crippen molar-refractivity contribution in [2.24, 2.45) is 0 Å². The first-order chi connectivity index (χ1) is 11.6. The Balaban J connectivity index is 1.73. The zero-order valence-electron chi connectivity index (χ0n) is 12.4. The van der Waals surface area contributed by atoms with Gasteiger partial charge >= 0.3 is 12.0 Å². The van der Waals surface area contributed by atoms with Crippen molar-refractivity contribution in [3.63, 3.8) is 0 Å². The third kappa shape index (κ3) is 3.44. The summed E-state index contributed by atoms with van der Waals surface area (Å²) in [5.41, 5.74) is 1.55. The summed E-state index contributed by atoms with van der Waals surface area (Å²) in [6, 6.07) is 10.5. The van der Waals surface area contributed by atoms with Crippen LogP contribution < -0.4 is 10.6 Å². The van der Waals surface area contributed by atoms with Crippen molar-refractivity contribution in [2.45, 2.75) is 6.54 Å². The van der Waals surface area contributed by atoms with E-state index < -0.39 is 12.0 Å². The van der Waals surface area contributed by atoms with E-state index >= 15 is 0 Å². The Labute approximate surface area is 140 Å². The number of aromatic nitrogens is 1. The molecule has 2 heterocycles. The van der Waals surface area contributed by atoms with Gasteiger partial charge < -0.3 is 14.9 Å². The molecule has 0 aliphatic rings. The number of carbonyl (C=O) groups excluding carboxylic acids is 1. The van der Waals surface area contributed by atoms with Crippen LogP contribution in [-0.4, -0.2) is 22.3 Å². The number of hydrogen-bond donors (Lipinski definition) is 3. The van der Waals surface area contributed by atoms with Crippen molar-refractivity contribution in [3.8, 4) is 11.3 Å². The third-order valence-electron chi connectivity index (χ3n) is 3.22. The molecule has 7 nitrogen and oxygen atoms in total. The second kappa shape index (κ2) is 6.97. The molecule has 0 bridgehead atoms. The number of carbonyl (C=O) groups is 2. The van der Waals surface area contributed by atoms with E-state index in [9.17, 15) is 14.7 Å². The second-order valence-electron chi connectivity index (χ2n) is 4.85. The van der Waals surface area contributed by atoms with E-state index in [1.807, 2.05) is 30.3 Å². The van der Waals surface area contributed by atoms with Gasteiger partial charge in [-0.1, -0.05) is 35.5 Å². The van der Waals surface area contributed by atoms with Crippen LogP contribution in [0.3, 0.4) is 0 Å². The van der Waals surface area contributed by atoms with Gasteiger partial charge in [0.1, 0.15) is 5.69 Å². The number of aromatic carboxylic acids is 1. The fraction of sp³-hybridized carbons (Fsp3) is 0.0625. The van der Waals surface area contributed by atoms with E-state index in [1.165, 1.54) is 11.3 Å². The summed E-state index contributed by atoms with van der Waals surface area (Å²) in [6.07, 6.45) is 0. The third-order valence-corrected chi connectivity index (χ3v) is 3.91. The van der Waals surface area contributed by atoms with Crippen molar-refractivity contribution >= 4 is 29.2 Å². The number of carboxylic acid groups (broad SMARTS) is 1. The molecule has 0 saturated carbocycles. The van der Waals surface area contributed by atoms with Crippen LogP contribution in [0.25, 0.3) is 11.3 Å². The second-order valence-corrected chi connectivity index (χ2v) is 5.63. The lowest BCUT2D eigenvalue weighted by molar-refractivity contribution is 0.0698. The van der Waals surface area contributed by atoms with Gasteiger partial charge in [0.05, 0.1) is 0 Å². The summed E-state index contributed by atoms with van der Waals surface area (Å²) < 4.78 is 5.01. The van der Waals surface area contributed by atoms with E-state index in [-0.39, 0.29) is 17.1 Å². The highest BCUT2D eigenvalue weighted by Crippen LogP contribution is 2.30. The predicted octanol–water partition coefficient (Wildman–Crippen LogP) is 3.42. The molecule has 0 aliphatic heterocycles. The van der Waals surface area contributed by atoms with Crippen molar-refractivity contribution in [1.82, 2.24) is 10.5 Å². The molecule has 2 amide bonds. The molecule has 1 aromatic carbocycles. The van der Waals surface area contributed by atoms with E-state index in [1.54, 1.807) is 16.8 Å². The highest BCUT2D eigenvalue weighted by molar-refractivity contribution is 7.08. The van der Waals surface area contributed by atoms with Gasteiger partial charge in [-0.3, -0.25) is 5.32 Å². The Bertz CT molecular complexity index is 844. The Morgan fingerprint density at radius 1 is 1.21 bits per heavy atom. The molecule has 8 heteroatoms. The number of amides is 2. The van der Waals surface area contributed by atoms with Gasteiger partial charge in [-0.15, -0.1) is 0 Å². The van der Waals surface area contributed by atoms with Gasteiger partial charge in [0, 0.05) is 17.5 Å². The number of benzene rings is 1. The standard InChI is InChI=1S/C16H13N3O4S/c20-15(21)12-13(11-6-7-24-9-11)19-23-14(12)18-16(22)17-8-10-4-2-1-3-5-10/h1-7,9H,8H2,(H,20,21)(H2,17,18,22).